The second-order valence-corrected chi connectivity index (χ2v) is 9.15. The van der Waals surface area contributed by atoms with Gasteiger partial charge in [0.1, 0.15) is 11.4 Å². The number of piperazine rings is 1. The molecule has 5 rings (SSSR count). The van der Waals surface area contributed by atoms with Gasteiger partial charge in [-0.1, -0.05) is 17.3 Å². The topological polar surface area (TPSA) is 93.2 Å². The second-order valence-electron chi connectivity index (χ2n) is 9.15. The SMILES string of the molecule is Cc1ccc2oc(N3CCN(C(=O)c4ccc(-c5cn(CC(C)(C)F)nn5)cc4)CC3)nc2n1. The number of alkyl halides is 1. The maximum Gasteiger partial charge on any atom is 0.300 e. The van der Waals surface area contributed by atoms with Crippen molar-refractivity contribution in [2.24, 2.45) is 0 Å². The Kier molecular flexibility index (Phi) is 5.51. The van der Waals surface area contributed by atoms with E-state index >= 15 is 0 Å². The average molecular weight is 464 g/mol. The maximum atomic E-state index is 13.8. The van der Waals surface area contributed by atoms with Crippen molar-refractivity contribution in [3.8, 4) is 11.3 Å². The van der Waals surface area contributed by atoms with Gasteiger partial charge in [0, 0.05) is 43.0 Å². The number of carbonyl (C=O) groups excluding carboxylic acids is 1. The standard InChI is InChI=1S/C24H26FN7O2/c1-16-4-9-20-21(26-16)27-23(34-20)31-12-10-30(11-13-31)22(33)18-7-5-17(6-8-18)19-14-32(29-28-19)15-24(2,3)25/h4-9,14H,10-13,15H2,1-3H3. The van der Waals surface area contributed by atoms with Gasteiger partial charge in [0.25, 0.3) is 11.9 Å². The first-order chi connectivity index (χ1) is 16.2. The third kappa shape index (κ3) is 4.61. The molecule has 0 unspecified atom stereocenters. The summed E-state index contributed by atoms with van der Waals surface area (Å²) in [4.78, 5) is 25.8. The van der Waals surface area contributed by atoms with E-state index in [0.717, 1.165) is 11.3 Å². The van der Waals surface area contributed by atoms with Crippen LogP contribution in [0.15, 0.2) is 47.0 Å². The van der Waals surface area contributed by atoms with E-state index in [4.69, 9.17) is 4.42 Å². The van der Waals surface area contributed by atoms with Gasteiger partial charge in [-0.3, -0.25) is 4.79 Å². The molecule has 1 fully saturated rings. The van der Waals surface area contributed by atoms with Crippen molar-refractivity contribution in [3.63, 3.8) is 0 Å². The third-order valence-corrected chi connectivity index (χ3v) is 5.72. The van der Waals surface area contributed by atoms with Crippen LogP contribution in [0.4, 0.5) is 10.4 Å². The molecule has 176 valence electrons. The van der Waals surface area contributed by atoms with Gasteiger partial charge < -0.3 is 14.2 Å². The van der Waals surface area contributed by atoms with Crippen LogP contribution in [0.1, 0.15) is 29.9 Å². The number of aromatic nitrogens is 5. The van der Waals surface area contributed by atoms with Gasteiger partial charge in [0.05, 0.1) is 12.7 Å². The number of anilines is 1. The summed E-state index contributed by atoms with van der Waals surface area (Å²) in [5.41, 5.74) is 2.85. The van der Waals surface area contributed by atoms with Crippen LogP contribution < -0.4 is 4.90 Å². The van der Waals surface area contributed by atoms with Crippen molar-refractivity contribution in [3.05, 3.63) is 53.9 Å². The van der Waals surface area contributed by atoms with Crippen LogP contribution >= 0.6 is 0 Å². The summed E-state index contributed by atoms with van der Waals surface area (Å²) < 4.78 is 21.2. The fraction of sp³-hybridized carbons (Fsp3) is 0.375. The first-order valence-corrected chi connectivity index (χ1v) is 11.2. The first-order valence-electron chi connectivity index (χ1n) is 11.2. The van der Waals surface area contributed by atoms with Crippen LogP contribution in [0.25, 0.3) is 22.5 Å². The molecular formula is C24H26FN7O2. The zero-order chi connectivity index (χ0) is 23.9. The number of amides is 1. The van der Waals surface area contributed by atoms with Gasteiger partial charge >= 0.3 is 0 Å². The van der Waals surface area contributed by atoms with E-state index in [1.54, 1.807) is 18.3 Å². The van der Waals surface area contributed by atoms with Crippen LogP contribution in [0, 0.1) is 6.92 Å². The number of oxazole rings is 1. The summed E-state index contributed by atoms with van der Waals surface area (Å²) in [7, 11) is 0. The number of aryl methyl sites for hydroxylation is 1. The maximum absolute atomic E-state index is 13.8. The highest BCUT2D eigenvalue weighted by molar-refractivity contribution is 5.94. The summed E-state index contributed by atoms with van der Waals surface area (Å²) in [5.74, 6) is -0.0242. The molecule has 0 spiro atoms. The number of pyridine rings is 1. The monoisotopic (exact) mass is 463 g/mol. The predicted molar refractivity (Wildman–Crippen MR) is 125 cm³/mol. The normalized spacial score (nSPS) is 14.7. The van der Waals surface area contributed by atoms with E-state index in [9.17, 15) is 9.18 Å². The Morgan fingerprint density at radius 3 is 2.50 bits per heavy atom. The van der Waals surface area contributed by atoms with E-state index in [1.165, 1.54) is 18.5 Å². The third-order valence-electron chi connectivity index (χ3n) is 5.72. The number of halogens is 1. The van der Waals surface area contributed by atoms with Crippen molar-refractivity contribution in [2.45, 2.75) is 33.0 Å². The molecule has 1 aliphatic rings. The quantitative estimate of drug-likeness (QED) is 0.447. The minimum atomic E-state index is -1.37. The van der Waals surface area contributed by atoms with Gasteiger partial charge in [-0.25, -0.2) is 14.1 Å². The lowest BCUT2D eigenvalue weighted by Gasteiger charge is -2.33. The number of fused-ring (bicyclic) bond motifs is 1. The molecule has 10 heteroatoms. The Morgan fingerprint density at radius 2 is 1.79 bits per heavy atom. The van der Waals surface area contributed by atoms with Crippen LogP contribution in [0.2, 0.25) is 0 Å². The van der Waals surface area contributed by atoms with Crippen molar-refractivity contribution >= 4 is 23.2 Å². The van der Waals surface area contributed by atoms with E-state index in [0.29, 0.717) is 54.7 Å². The Labute approximate surface area is 196 Å². The van der Waals surface area contributed by atoms with Crippen molar-refractivity contribution in [1.29, 1.82) is 0 Å². The van der Waals surface area contributed by atoms with Crippen LogP contribution in [0.5, 0.6) is 0 Å². The molecule has 0 aliphatic carbocycles. The fourth-order valence-corrected chi connectivity index (χ4v) is 4.00. The molecule has 1 saturated heterocycles. The van der Waals surface area contributed by atoms with E-state index < -0.39 is 5.67 Å². The molecule has 0 N–H and O–H groups in total. The fourth-order valence-electron chi connectivity index (χ4n) is 4.00. The average Bonchev–Trinajstić information content (AvgIpc) is 3.44. The number of nitrogens with zero attached hydrogens (tertiary/aromatic N) is 7. The number of carbonyl (C=O) groups is 1. The molecule has 0 radical (unpaired) electrons. The van der Waals surface area contributed by atoms with Gasteiger partial charge in [-0.2, -0.15) is 4.98 Å². The van der Waals surface area contributed by atoms with Crippen molar-refractivity contribution < 1.29 is 13.6 Å². The highest BCUT2D eigenvalue weighted by atomic mass is 19.1. The number of hydrogen-bond donors (Lipinski definition) is 0. The molecule has 3 aromatic heterocycles. The predicted octanol–water partition coefficient (Wildman–Crippen LogP) is 3.50. The molecule has 0 bridgehead atoms. The first kappa shape index (κ1) is 22.0. The van der Waals surface area contributed by atoms with Crippen molar-refractivity contribution in [2.75, 3.05) is 31.1 Å². The van der Waals surface area contributed by atoms with Gasteiger partial charge in [0.2, 0.25) is 5.65 Å². The molecule has 1 amide bonds. The lowest BCUT2D eigenvalue weighted by Crippen LogP contribution is -2.48. The van der Waals surface area contributed by atoms with Gasteiger partial charge in [-0.15, -0.1) is 5.10 Å². The zero-order valence-electron chi connectivity index (χ0n) is 19.4. The number of rotatable bonds is 5. The Hall–Kier alpha value is -3.82. The van der Waals surface area contributed by atoms with E-state index in [-0.39, 0.29) is 12.5 Å². The minimum Gasteiger partial charge on any atom is -0.422 e. The van der Waals surface area contributed by atoms with E-state index in [2.05, 4.69) is 20.3 Å². The molecule has 0 saturated carbocycles. The van der Waals surface area contributed by atoms with Crippen LogP contribution in [-0.4, -0.2) is 67.6 Å². The smallest absolute Gasteiger partial charge is 0.300 e. The number of benzene rings is 1. The van der Waals surface area contributed by atoms with Crippen molar-refractivity contribution in [1.82, 2.24) is 29.9 Å². The zero-order valence-corrected chi connectivity index (χ0v) is 19.4. The molecular weight excluding hydrogens is 437 g/mol. The summed E-state index contributed by atoms with van der Waals surface area (Å²) in [6.45, 7) is 7.44. The molecule has 4 aromatic rings. The molecule has 0 atom stereocenters. The molecule has 9 nitrogen and oxygen atoms in total. The Balaban J connectivity index is 1.21. The lowest BCUT2D eigenvalue weighted by molar-refractivity contribution is 0.0745. The largest absolute Gasteiger partial charge is 0.422 e. The summed E-state index contributed by atoms with van der Waals surface area (Å²) in [5, 5.41) is 8.11. The van der Waals surface area contributed by atoms with Gasteiger partial charge in [-0.05, 0) is 45.0 Å². The molecule has 34 heavy (non-hydrogen) atoms. The number of hydrogen-bond acceptors (Lipinski definition) is 7. The summed E-state index contributed by atoms with van der Waals surface area (Å²) >= 11 is 0. The van der Waals surface area contributed by atoms with Crippen LogP contribution in [0.3, 0.4) is 0 Å². The Bertz CT molecular complexity index is 1320. The summed E-state index contributed by atoms with van der Waals surface area (Å²) in [6, 6.07) is 11.6. The highest BCUT2D eigenvalue weighted by Crippen LogP contribution is 2.23. The molecule has 1 aromatic carbocycles. The molecule has 1 aliphatic heterocycles. The lowest BCUT2D eigenvalue weighted by atomic mass is 10.1. The summed E-state index contributed by atoms with van der Waals surface area (Å²) in [6.07, 6.45) is 1.71. The second kappa shape index (κ2) is 8.51. The van der Waals surface area contributed by atoms with Crippen LogP contribution in [-0.2, 0) is 6.54 Å². The van der Waals surface area contributed by atoms with Gasteiger partial charge in [0.15, 0.2) is 5.58 Å². The molecule has 4 heterocycles. The highest BCUT2D eigenvalue weighted by Gasteiger charge is 2.25. The Morgan fingerprint density at radius 1 is 1.06 bits per heavy atom. The minimum absolute atomic E-state index is 0.0242. The van der Waals surface area contributed by atoms with E-state index in [1.807, 2.05) is 41.0 Å².